The molecule has 2 aromatic heterocycles. The molecule has 0 amide bonds. The van der Waals surface area contributed by atoms with Gasteiger partial charge in [-0.3, -0.25) is 14.5 Å². The van der Waals surface area contributed by atoms with E-state index in [1.807, 2.05) is 10.9 Å². The minimum absolute atomic E-state index is 0.563. The molecule has 0 bridgehead atoms. The van der Waals surface area contributed by atoms with Gasteiger partial charge in [-0.15, -0.1) is 0 Å². The van der Waals surface area contributed by atoms with Crippen molar-refractivity contribution in [1.29, 1.82) is 0 Å². The van der Waals surface area contributed by atoms with E-state index in [-0.39, 0.29) is 0 Å². The summed E-state index contributed by atoms with van der Waals surface area (Å²) in [4.78, 5) is 13.2. The van der Waals surface area contributed by atoms with Crippen LogP contribution in [0.25, 0.3) is 0 Å². The maximum atomic E-state index is 5.70. The van der Waals surface area contributed by atoms with Gasteiger partial charge in [0, 0.05) is 25.6 Å². The summed E-state index contributed by atoms with van der Waals surface area (Å²) in [6.07, 6.45) is 7.28. The zero-order chi connectivity index (χ0) is 15.4. The molecule has 1 aliphatic rings. The minimum atomic E-state index is 0.563. The van der Waals surface area contributed by atoms with Gasteiger partial charge in [0.2, 0.25) is 5.89 Å². The third-order valence-electron chi connectivity index (χ3n) is 4.32. The molecule has 0 radical (unpaired) electrons. The molecule has 1 atom stereocenters. The van der Waals surface area contributed by atoms with Crippen molar-refractivity contribution in [2.45, 2.75) is 38.9 Å². The number of hydrogen-bond acceptors (Lipinski definition) is 6. The van der Waals surface area contributed by atoms with Crippen LogP contribution in [-0.4, -0.2) is 62.3 Å². The van der Waals surface area contributed by atoms with Crippen molar-refractivity contribution in [2.24, 2.45) is 0 Å². The molecule has 120 valence electrons. The zero-order valence-electron chi connectivity index (χ0n) is 13.4. The number of rotatable bonds is 7. The summed E-state index contributed by atoms with van der Waals surface area (Å²) < 4.78 is 7.59. The van der Waals surface area contributed by atoms with E-state index in [1.165, 1.54) is 6.42 Å². The molecule has 1 saturated heterocycles. The molecule has 2 aromatic rings. The second-order valence-corrected chi connectivity index (χ2v) is 5.89. The van der Waals surface area contributed by atoms with Crippen LogP contribution >= 0.6 is 0 Å². The molecular formula is C15H24N6O. The lowest BCUT2D eigenvalue weighted by molar-refractivity contribution is 0.203. The van der Waals surface area contributed by atoms with Crippen LogP contribution in [0.2, 0.25) is 0 Å². The van der Waals surface area contributed by atoms with Crippen molar-refractivity contribution < 1.29 is 4.42 Å². The Morgan fingerprint density at radius 1 is 1.41 bits per heavy atom. The summed E-state index contributed by atoms with van der Waals surface area (Å²) in [5.41, 5.74) is 0. The van der Waals surface area contributed by atoms with Crippen LogP contribution in [-0.2, 0) is 19.5 Å². The number of likely N-dealkylation sites (N-methyl/N-ethyl adjacent to an activating group) is 1. The lowest BCUT2D eigenvalue weighted by Crippen LogP contribution is -2.35. The predicted molar refractivity (Wildman–Crippen MR) is 82.2 cm³/mol. The van der Waals surface area contributed by atoms with Crippen molar-refractivity contribution >= 4 is 0 Å². The largest absolute Gasteiger partial charge is 0.444 e. The number of aryl methyl sites for hydroxylation is 1. The van der Waals surface area contributed by atoms with Gasteiger partial charge in [0.05, 0.1) is 19.3 Å². The van der Waals surface area contributed by atoms with Crippen LogP contribution in [0.5, 0.6) is 0 Å². The van der Waals surface area contributed by atoms with Gasteiger partial charge >= 0.3 is 0 Å². The molecule has 3 heterocycles. The van der Waals surface area contributed by atoms with E-state index >= 15 is 0 Å². The quantitative estimate of drug-likeness (QED) is 0.761. The van der Waals surface area contributed by atoms with E-state index in [9.17, 15) is 0 Å². The number of aromatic nitrogens is 4. The van der Waals surface area contributed by atoms with Gasteiger partial charge in [-0.05, 0) is 20.0 Å². The average molecular weight is 304 g/mol. The first-order valence-electron chi connectivity index (χ1n) is 7.93. The third kappa shape index (κ3) is 3.72. The SMILES string of the molecule is CCc1cnc(CN(C)C2CCN(CCn3cncn3)C2)o1. The standard InChI is InChI=1S/C15H24N6O/c1-3-14-8-17-15(22-14)10-19(2)13-4-5-20(9-13)6-7-21-12-16-11-18-21/h8,11-13H,3-7,9-10H2,1-2H3. The lowest BCUT2D eigenvalue weighted by atomic mass is 10.2. The molecule has 7 heteroatoms. The van der Waals surface area contributed by atoms with Crippen molar-refractivity contribution in [1.82, 2.24) is 29.5 Å². The Kier molecular flexibility index (Phi) is 4.84. The molecular weight excluding hydrogens is 280 g/mol. The van der Waals surface area contributed by atoms with E-state index < -0.39 is 0 Å². The fraction of sp³-hybridized carbons (Fsp3) is 0.667. The maximum Gasteiger partial charge on any atom is 0.208 e. The summed E-state index contributed by atoms with van der Waals surface area (Å²) in [5.74, 6) is 1.78. The van der Waals surface area contributed by atoms with Crippen LogP contribution in [0.3, 0.4) is 0 Å². The van der Waals surface area contributed by atoms with Crippen LogP contribution < -0.4 is 0 Å². The highest BCUT2D eigenvalue weighted by atomic mass is 16.4. The van der Waals surface area contributed by atoms with Gasteiger partial charge < -0.3 is 4.42 Å². The molecule has 7 nitrogen and oxygen atoms in total. The van der Waals surface area contributed by atoms with Crippen LogP contribution in [0.4, 0.5) is 0 Å². The van der Waals surface area contributed by atoms with E-state index in [0.717, 1.165) is 50.8 Å². The van der Waals surface area contributed by atoms with Gasteiger partial charge in [0.15, 0.2) is 0 Å². The highest BCUT2D eigenvalue weighted by molar-refractivity contribution is 4.94. The van der Waals surface area contributed by atoms with Gasteiger partial charge in [0.25, 0.3) is 0 Å². The van der Waals surface area contributed by atoms with Crippen molar-refractivity contribution in [3.63, 3.8) is 0 Å². The molecule has 1 aliphatic heterocycles. The van der Waals surface area contributed by atoms with Crippen LogP contribution in [0.15, 0.2) is 23.3 Å². The minimum Gasteiger partial charge on any atom is -0.444 e. The molecule has 0 aromatic carbocycles. The van der Waals surface area contributed by atoms with Crippen molar-refractivity contribution in [2.75, 3.05) is 26.7 Å². The monoisotopic (exact) mass is 304 g/mol. The summed E-state index contributed by atoms with van der Waals surface area (Å²) in [6, 6.07) is 0.563. The van der Waals surface area contributed by atoms with Crippen molar-refractivity contribution in [3.8, 4) is 0 Å². The third-order valence-corrected chi connectivity index (χ3v) is 4.32. The Morgan fingerprint density at radius 3 is 3.05 bits per heavy atom. The normalized spacial score (nSPS) is 19.3. The first-order valence-corrected chi connectivity index (χ1v) is 7.93. The Labute approximate surface area is 130 Å². The summed E-state index contributed by atoms with van der Waals surface area (Å²) in [5, 5.41) is 4.15. The second-order valence-electron chi connectivity index (χ2n) is 5.89. The zero-order valence-corrected chi connectivity index (χ0v) is 13.4. The smallest absolute Gasteiger partial charge is 0.208 e. The van der Waals surface area contributed by atoms with Crippen LogP contribution in [0, 0.1) is 0 Å². The summed E-state index contributed by atoms with van der Waals surface area (Å²) in [6.45, 7) is 7.00. The fourth-order valence-corrected chi connectivity index (χ4v) is 2.89. The van der Waals surface area contributed by atoms with Crippen molar-refractivity contribution in [3.05, 3.63) is 30.5 Å². The Morgan fingerprint density at radius 2 is 2.32 bits per heavy atom. The highest BCUT2D eigenvalue weighted by Crippen LogP contribution is 2.17. The molecule has 0 N–H and O–H groups in total. The van der Waals surface area contributed by atoms with E-state index in [1.54, 1.807) is 12.7 Å². The second kappa shape index (κ2) is 7.02. The van der Waals surface area contributed by atoms with Crippen LogP contribution in [0.1, 0.15) is 25.0 Å². The van der Waals surface area contributed by atoms with Gasteiger partial charge in [-0.2, -0.15) is 5.10 Å². The molecule has 1 unspecified atom stereocenters. The van der Waals surface area contributed by atoms with E-state index in [4.69, 9.17) is 4.42 Å². The molecule has 0 spiro atoms. The molecule has 22 heavy (non-hydrogen) atoms. The predicted octanol–water partition coefficient (Wildman–Crippen LogP) is 1.03. The molecule has 1 fully saturated rings. The topological polar surface area (TPSA) is 63.2 Å². The lowest BCUT2D eigenvalue weighted by Gasteiger charge is -2.23. The Bertz CT molecular complexity index is 566. The van der Waals surface area contributed by atoms with E-state index in [0.29, 0.717) is 6.04 Å². The molecule has 0 aliphatic carbocycles. The number of oxazole rings is 1. The number of likely N-dealkylation sites (tertiary alicyclic amines) is 1. The Balaban J connectivity index is 1.45. The highest BCUT2D eigenvalue weighted by Gasteiger charge is 2.26. The van der Waals surface area contributed by atoms with Gasteiger partial charge in [-0.1, -0.05) is 6.92 Å². The van der Waals surface area contributed by atoms with Gasteiger partial charge in [0.1, 0.15) is 18.4 Å². The van der Waals surface area contributed by atoms with E-state index in [2.05, 4.69) is 38.8 Å². The molecule has 3 rings (SSSR count). The first kappa shape index (κ1) is 15.2. The molecule has 0 saturated carbocycles. The summed E-state index contributed by atoms with van der Waals surface area (Å²) >= 11 is 0. The number of hydrogen-bond donors (Lipinski definition) is 0. The Hall–Kier alpha value is -1.73. The fourth-order valence-electron chi connectivity index (χ4n) is 2.89. The summed E-state index contributed by atoms with van der Waals surface area (Å²) in [7, 11) is 2.15. The first-order chi connectivity index (χ1) is 10.7. The average Bonchev–Trinajstić information content (AvgIpc) is 3.26. The van der Waals surface area contributed by atoms with Gasteiger partial charge in [-0.25, -0.2) is 9.97 Å². The maximum absolute atomic E-state index is 5.70. The number of nitrogens with zero attached hydrogens (tertiary/aromatic N) is 6.